The van der Waals surface area contributed by atoms with Crippen molar-refractivity contribution in [3.8, 4) is 11.4 Å². The lowest BCUT2D eigenvalue weighted by molar-refractivity contribution is -0.128. The average Bonchev–Trinajstić information content (AvgIpc) is 3.38. The molecule has 3 heterocycles. The van der Waals surface area contributed by atoms with Gasteiger partial charge in [-0.15, -0.1) is 0 Å². The van der Waals surface area contributed by atoms with Gasteiger partial charge in [0.25, 0.3) is 0 Å². The molecule has 6 nitrogen and oxygen atoms in total. The van der Waals surface area contributed by atoms with Crippen molar-refractivity contribution in [3.05, 3.63) is 71.4 Å². The average molecular weight is 403 g/mol. The summed E-state index contributed by atoms with van der Waals surface area (Å²) in [5, 5.41) is 3.41. The van der Waals surface area contributed by atoms with Crippen LogP contribution in [0.4, 0.5) is 10.2 Å². The lowest BCUT2D eigenvalue weighted by Gasteiger charge is -2.19. The lowest BCUT2D eigenvalue weighted by atomic mass is 10.2. The van der Waals surface area contributed by atoms with E-state index < -0.39 is 0 Å². The Labute approximate surface area is 174 Å². The molecule has 30 heavy (non-hydrogen) atoms. The molecule has 2 aromatic heterocycles. The maximum Gasteiger partial charge on any atom is 0.245 e. The van der Waals surface area contributed by atoms with Crippen molar-refractivity contribution in [3.63, 3.8) is 0 Å². The van der Waals surface area contributed by atoms with Crippen molar-refractivity contribution in [2.24, 2.45) is 0 Å². The van der Waals surface area contributed by atoms with Gasteiger partial charge in [-0.2, -0.15) is 0 Å². The van der Waals surface area contributed by atoms with Gasteiger partial charge in [0.2, 0.25) is 5.91 Å². The van der Waals surface area contributed by atoms with Gasteiger partial charge in [-0.3, -0.25) is 9.78 Å². The standard InChI is InChI=1S/C23H22FN5O/c24-17-6-4-15(5-7-17)14-29-13-10-20(23(29)30)27-22-18-2-1-3-19(18)26-21(28-22)16-8-11-25-12-9-16/h4-9,11-12,20H,1-3,10,13-14H2,(H,26,27,28). The first-order valence-corrected chi connectivity index (χ1v) is 10.3. The van der Waals surface area contributed by atoms with Gasteiger partial charge in [-0.1, -0.05) is 12.1 Å². The maximum absolute atomic E-state index is 13.1. The molecule has 0 spiro atoms. The number of likely N-dealkylation sites (tertiary alicyclic amines) is 1. The van der Waals surface area contributed by atoms with Crippen molar-refractivity contribution >= 4 is 11.7 Å². The minimum Gasteiger partial charge on any atom is -0.358 e. The van der Waals surface area contributed by atoms with Crippen molar-refractivity contribution in [1.82, 2.24) is 19.9 Å². The van der Waals surface area contributed by atoms with Crippen LogP contribution in [0.15, 0.2) is 48.8 Å². The van der Waals surface area contributed by atoms with E-state index >= 15 is 0 Å². The molecule has 1 saturated heterocycles. The summed E-state index contributed by atoms with van der Waals surface area (Å²) in [6.45, 7) is 1.15. The highest BCUT2D eigenvalue weighted by Crippen LogP contribution is 2.30. The molecule has 7 heteroatoms. The Morgan fingerprint density at radius 1 is 1.07 bits per heavy atom. The Balaban J connectivity index is 1.36. The first-order chi connectivity index (χ1) is 14.7. The third-order valence-corrected chi connectivity index (χ3v) is 5.77. The predicted octanol–water partition coefficient (Wildman–Crippen LogP) is 3.38. The normalized spacial score (nSPS) is 18.0. The second kappa shape index (κ2) is 7.82. The second-order valence-corrected chi connectivity index (χ2v) is 7.78. The van der Waals surface area contributed by atoms with Gasteiger partial charge in [0.15, 0.2) is 5.82 Å². The Kier molecular flexibility index (Phi) is 4.86. The highest BCUT2D eigenvalue weighted by atomic mass is 19.1. The Morgan fingerprint density at radius 3 is 2.67 bits per heavy atom. The number of halogens is 1. The van der Waals surface area contributed by atoms with Gasteiger partial charge >= 0.3 is 0 Å². The number of anilines is 1. The third kappa shape index (κ3) is 3.63. The smallest absolute Gasteiger partial charge is 0.245 e. The number of rotatable bonds is 5. The molecule has 0 radical (unpaired) electrons. The number of aryl methyl sites for hydroxylation is 1. The molecule has 1 aromatic carbocycles. The zero-order valence-electron chi connectivity index (χ0n) is 16.5. The van der Waals surface area contributed by atoms with E-state index in [1.807, 2.05) is 17.0 Å². The van der Waals surface area contributed by atoms with E-state index in [1.54, 1.807) is 24.5 Å². The van der Waals surface area contributed by atoms with Crippen LogP contribution in [-0.2, 0) is 24.2 Å². The van der Waals surface area contributed by atoms with E-state index in [0.717, 1.165) is 47.5 Å². The van der Waals surface area contributed by atoms with Crippen LogP contribution in [0.3, 0.4) is 0 Å². The first kappa shape index (κ1) is 18.7. The fraction of sp³-hybridized carbons (Fsp3) is 0.304. The van der Waals surface area contributed by atoms with Crippen molar-refractivity contribution in [1.29, 1.82) is 0 Å². The van der Waals surface area contributed by atoms with Gasteiger partial charge in [0.1, 0.15) is 17.7 Å². The van der Waals surface area contributed by atoms with Crippen molar-refractivity contribution in [2.45, 2.75) is 38.3 Å². The van der Waals surface area contributed by atoms with Crippen LogP contribution < -0.4 is 5.32 Å². The highest BCUT2D eigenvalue weighted by Gasteiger charge is 2.33. The van der Waals surface area contributed by atoms with E-state index in [4.69, 9.17) is 9.97 Å². The van der Waals surface area contributed by atoms with Crippen LogP contribution >= 0.6 is 0 Å². The summed E-state index contributed by atoms with van der Waals surface area (Å²) < 4.78 is 13.1. The molecule has 1 atom stereocenters. The minimum absolute atomic E-state index is 0.0511. The van der Waals surface area contributed by atoms with E-state index in [-0.39, 0.29) is 17.8 Å². The summed E-state index contributed by atoms with van der Waals surface area (Å²) in [6, 6.07) is 9.78. The molecule has 0 saturated carbocycles. The van der Waals surface area contributed by atoms with Crippen LogP contribution in [0.2, 0.25) is 0 Å². The number of pyridine rings is 1. The number of fused-ring (bicyclic) bond motifs is 1. The molecule has 1 aliphatic heterocycles. The van der Waals surface area contributed by atoms with E-state index in [2.05, 4.69) is 10.3 Å². The second-order valence-electron chi connectivity index (χ2n) is 7.78. The summed E-state index contributed by atoms with van der Waals surface area (Å²) in [5.74, 6) is 1.21. The molecule has 1 fully saturated rings. The van der Waals surface area contributed by atoms with E-state index in [1.165, 1.54) is 12.1 Å². The van der Waals surface area contributed by atoms with Gasteiger partial charge in [0, 0.05) is 42.3 Å². The van der Waals surface area contributed by atoms with Crippen LogP contribution in [0.1, 0.15) is 29.7 Å². The van der Waals surface area contributed by atoms with Crippen LogP contribution in [0, 0.1) is 5.82 Å². The largest absolute Gasteiger partial charge is 0.358 e. The summed E-state index contributed by atoms with van der Waals surface area (Å²) >= 11 is 0. The highest BCUT2D eigenvalue weighted by molar-refractivity contribution is 5.86. The topological polar surface area (TPSA) is 71.0 Å². The zero-order valence-corrected chi connectivity index (χ0v) is 16.5. The molecule has 0 bridgehead atoms. The van der Waals surface area contributed by atoms with Gasteiger partial charge in [0.05, 0.1) is 0 Å². The number of hydrogen-bond acceptors (Lipinski definition) is 5. The molecule has 1 unspecified atom stereocenters. The monoisotopic (exact) mass is 403 g/mol. The van der Waals surface area contributed by atoms with Gasteiger partial charge in [-0.05, 0) is 55.5 Å². The summed E-state index contributed by atoms with van der Waals surface area (Å²) in [4.78, 5) is 28.4. The SMILES string of the molecule is O=C1C(Nc2nc(-c3ccncc3)nc3c2CCC3)CCN1Cc1ccc(F)cc1. The number of aromatic nitrogens is 3. The molecular formula is C23H22FN5O. The van der Waals surface area contributed by atoms with Crippen molar-refractivity contribution < 1.29 is 9.18 Å². The molecule has 3 aromatic rings. The molecule has 1 N–H and O–H groups in total. The fourth-order valence-electron chi connectivity index (χ4n) is 4.19. The summed E-state index contributed by atoms with van der Waals surface area (Å²) in [6.07, 6.45) is 7.07. The maximum atomic E-state index is 13.1. The Hall–Kier alpha value is -3.35. The van der Waals surface area contributed by atoms with Gasteiger partial charge in [-0.25, -0.2) is 14.4 Å². The van der Waals surface area contributed by atoms with Crippen LogP contribution in [-0.4, -0.2) is 38.3 Å². The molecular weight excluding hydrogens is 381 g/mol. The number of carbonyl (C=O) groups is 1. The lowest BCUT2D eigenvalue weighted by Crippen LogP contribution is -2.33. The van der Waals surface area contributed by atoms with Crippen LogP contribution in [0.5, 0.6) is 0 Å². The predicted molar refractivity (Wildman–Crippen MR) is 111 cm³/mol. The number of hydrogen-bond donors (Lipinski definition) is 1. The van der Waals surface area contributed by atoms with Crippen LogP contribution in [0.25, 0.3) is 11.4 Å². The number of nitrogens with zero attached hydrogens (tertiary/aromatic N) is 4. The van der Waals surface area contributed by atoms with E-state index in [0.29, 0.717) is 25.3 Å². The third-order valence-electron chi connectivity index (χ3n) is 5.77. The number of nitrogens with one attached hydrogen (secondary N) is 1. The number of amides is 1. The molecule has 5 rings (SSSR count). The Morgan fingerprint density at radius 2 is 1.87 bits per heavy atom. The number of benzene rings is 1. The first-order valence-electron chi connectivity index (χ1n) is 10.3. The Bertz CT molecular complexity index is 1070. The molecule has 1 amide bonds. The fourth-order valence-corrected chi connectivity index (χ4v) is 4.19. The number of carbonyl (C=O) groups excluding carboxylic acids is 1. The summed E-state index contributed by atoms with van der Waals surface area (Å²) in [5.41, 5.74) is 4.03. The van der Waals surface area contributed by atoms with Gasteiger partial charge < -0.3 is 10.2 Å². The summed E-state index contributed by atoms with van der Waals surface area (Å²) in [7, 11) is 0. The zero-order chi connectivity index (χ0) is 20.5. The van der Waals surface area contributed by atoms with Crippen molar-refractivity contribution in [2.75, 3.05) is 11.9 Å². The van der Waals surface area contributed by atoms with E-state index in [9.17, 15) is 9.18 Å². The molecule has 2 aliphatic rings. The molecule has 1 aliphatic carbocycles. The quantitative estimate of drug-likeness (QED) is 0.707. The minimum atomic E-state index is -0.310. The molecule has 152 valence electrons.